The van der Waals surface area contributed by atoms with Crippen LogP contribution in [0, 0.1) is 12.8 Å². The van der Waals surface area contributed by atoms with Gasteiger partial charge in [-0.3, -0.25) is 4.79 Å². The summed E-state index contributed by atoms with van der Waals surface area (Å²) in [6.45, 7) is 2.98. The molecular formula is C16H19N3OS. The van der Waals surface area contributed by atoms with Gasteiger partial charge in [-0.15, -0.1) is 11.3 Å². The second-order valence-corrected chi connectivity index (χ2v) is 7.46. The van der Waals surface area contributed by atoms with Crippen molar-refractivity contribution in [3.63, 3.8) is 0 Å². The Morgan fingerprint density at radius 1 is 1.48 bits per heavy atom. The van der Waals surface area contributed by atoms with E-state index in [1.54, 1.807) is 0 Å². The van der Waals surface area contributed by atoms with E-state index in [1.165, 1.54) is 9.75 Å². The first-order valence-electron chi connectivity index (χ1n) is 7.57. The molecule has 0 bridgehead atoms. The fourth-order valence-electron chi connectivity index (χ4n) is 3.24. The molecule has 0 spiro atoms. The van der Waals surface area contributed by atoms with Crippen molar-refractivity contribution in [3.8, 4) is 0 Å². The second-order valence-electron chi connectivity index (χ2n) is 6.14. The molecule has 0 radical (unpaired) electrons. The zero-order valence-corrected chi connectivity index (χ0v) is 12.9. The van der Waals surface area contributed by atoms with Gasteiger partial charge in [0.25, 0.3) is 0 Å². The molecule has 5 heteroatoms. The number of hydrogen-bond acceptors (Lipinski definition) is 3. The maximum atomic E-state index is 12.4. The summed E-state index contributed by atoms with van der Waals surface area (Å²) in [7, 11) is 0. The first kappa shape index (κ1) is 13.1. The van der Waals surface area contributed by atoms with E-state index in [4.69, 9.17) is 0 Å². The second kappa shape index (κ2) is 4.98. The van der Waals surface area contributed by atoms with Crippen LogP contribution in [0.4, 0.5) is 0 Å². The van der Waals surface area contributed by atoms with Crippen LogP contribution >= 0.6 is 11.3 Å². The molecule has 1 fully saturated rings. The number of carbonyl (C=O) groups excluding carboxylic acids is 1. The van der Waals surface area contributed by atoms with Crippen LogP contribution in [0.3, 0.4) is 0 Å². The number of fused-ring (bicyclic) bond motifs is 1. The van der Waals surface area contributed by atoms with Crippen LogP contribution in [0.25, 0.3) is 0 Å². The number of nitrogens with zero attached hydrogens (tertiary/aromatic N) is 2. The van der Waals surface area contributed by atoms with E-state index in [2.05, 4.69) is 33.9 Å². The summed E-state index contributed by atoms with van der Waals surface area (Å²) in [5.41, 5.74) is 0. The highest BCUT2D eigenvalue weighted by Gasteiger charge is 2.45. The normalized spacial score (nSPS) is 27.2. The molecule has 4 nitrogen and oxygen atoms in total. The molecule has 2 aromatic rings. The number of nitrogens with one attached hydrogen (secondary N) is 1. The van der Waals surface area contributed by atoms with E-state index in [0.717, 1.165) is 31.6 Å². The standard InChI is InChI=1S/C16H19N3OS/c1-10-2-4-14(21-10)12-8-13(12)16(20)18-11-3-5-15-17-6-7-19(15)9-11/h2,4,6-7,11-13H,3,5,8-9H2,1H3,(H,18,20)/t11-,12-,13+/m1/s1. The minimum atomic E-state index is 0.187. The zero-order chi connectivity index (χ0) is 14.4. The van der Waals surface area contributed by atoms with Crippen molar-refractivity contribution in [3.05, 3.63) is 40.1 Å². The van der Waals surface area contributed by atoms with E-state index >= 15 is 0 Å². The van der Waals surface area contributed by atoms with E-state index in [-0.39, 0.29) is 17.9 Å². The van der Waals surface area contributed by atoms with Crippen molar-refractivity contribution in [1.29, 1.82) is 0 Å². The smallest absolute Gasteiger partial charge is 0.224 e. The maximum Gasteiger partial charge on any atom is 0.224 e. The van der Waals surface area contributed by atoms with Gasteiger partial charge in [0.15, 0.2) is 0 Å². The lowest BCUT2D eigenvalue weighted by Crippen LogP contribution is -2.41. The van der Waals surface area contributed by atoms with Crippen LogP contribution in [-0.2, 0) is 17.8 Å². The van der Waals surface area contributed by atoms with Crippen molar-refractivity contribution in [1.82, 2.24) is 14.9 Å². The third kappa shape index (κ3) is 2.50. The monoisotopic (exact) mass is 301 g/mol. The molecule has 21 heavy (non-hydrogen) atoms. The van der Waals surface area contributed by atoms with Gasteiger partial charge in [-0.2, -0.15) is 0 Å². The third-order valence-corrected chi connectivity index (χ3v) is 5.67. The van der Waals surface area contributed by atoms with Crippen molar-refractivity contribution >= 4 is 17.2 Å². The number of aromatic nitrogens is 2. The molecule has 1 aliphatic heterocycles. The predicted molar refractivity (Wildman–Crippen MR) is 82.4 cm³/mol. The fourth-order valence-corrected chi connectivity index (χ4v) is 4.30. The lowest BCUT2D eigenvalue weighted by molar-refractivity contribution is -0.123. The Balaban J connectivity index is 1.35. The lowest BCUT2D eigenvalue weighted by Gasteiger charge is -2.24. The Kier molecular flexibility index (Phi) is 3.10. The molecule has 1 aliphatic carbocycles. The number of aryl methyl sites for hydroxylation is 2. The Labute approximate surface area is 128 Å². The molecule has 0 saturated heterocycles. The maximum absolute atomic E-state index is 12.4. The molecule has 0 unspecified atom stereocenters. The van der Waals surface area contributed by atoms with E-state index in [1.807, 2.05) is 23.7 Å². The topological polar surface area (TPSA) is 46.9 Å². The van der Waals surface area contributed by atoms with Crippen LogP contribution in [0.2, 0.25) is 0 Å². The quantitative estimate of drug-likeness (QED) is 0.947. The summed E-state index contributed by atoms with van der Waals surface area (Å²) >= 11 is 1.83. The van der Waals surface area contributed by atoms with Gasteiger partial charge in [-0.05, 0) is 31.9 Å². The summed E-state index contributed by atoms with van der Waals surface area (Å²) in [5, 5.41) is 3.24. The van der Waals surface area contributed by atoms with Gasteiger partial charge in [0, 0.05) is 53.0 Å². The van der Waals surface area contributed by atoms with Crippen molar-refractivity contribution in [2.45, 2.75) is 44.7 Å². The number of rotatable bonds is 3. The summed E-state index contributed by atoms with van der Waals surface area (Å²) in [6, 6.07) is 4.58. The van der Waals surface area contributed by atoms with Gasteiger partial charge in [0.1, 0.15) is 5.82 Å². The van der Waals surface area contributed by atoms with Crippen molar-refractivity contribution in [2.24, 2.45) is 5.92 Å². The number of carbonyl (C=O) groups is 1. The van der Waals surface area contributed by atoms with Crippen LogP contribution in [0.5, 0.6) is 0 Å². The van der Waals surface area contributed by atoms with Gasteiger partial charge >= 0.3 is 0 Å². The highest BCUT2D eigenvalue weighted by atomic mass is 32.1. The molecule has 3 atom stereocenters. The Morgan fingerprint density at radius 3 is 3.19 bits per heavy atom. The molecule has 2 aliphatic rings. The van der Waals surface area contributed by atoms with E-state index in [0.29, 0.717) is 5.92 Å². The highest BCUT2D eigenvalue weighted by Crippen LogP contribution is 2.49. The average molecular weight is 301 g/mol. The first-order chi connectivity index (χ1) is 10.2. The predicted octanol–water partition coefficient (Wildman–Crippen LogP) is 2.49. The summed E-state index contributed by atoms with van der Waals surface area (Å²) in [6.07, 6.45) is 6.81. The number of amides is 1. The van der Waals surface area contributed by atoms with Gasteiger partial charge in [0.2, 0.25) is 5.91 Å². The zero-order valence-electron chi connectivity index (χ0n) is 12.1. The Bertz CT molecular complexity index is 675. The van der Waals surface area contributed by atoms with Gasteiger partial charge in [-0.25, -0.2) is 4.98 Å². The Hall–Kier alpha value is -1.62. The molecule has 1 N–H and O–H groups in total. The highest BCUT2D eigenvalue weighted by molar-refractivity contribution is 7.12. The molecular weight excluding hydrogens is 282 g/mol. The minimum absolute atomic E-state index is 0.187. The summed E-state index contributed by atoms with van der Waals surface area (Å²) in [5.74, 6) is 2.02. The van der Waals surface area contributed by atoms with E-state index < -0.39 is 0 Å². The van der Waals surface area contributed by atoms with Gasteiger partial charge < -0.3 is 9.88 Å². The molecule has 0 aromatic carbocycles. The Morgan fingerprint density at radius 2 is 2.38 bits per heavy atom. The first-order valence-corrected chi connectivity index (χ1v) is 8.39. The third-order valence-electron chi connectivity index (χ3n) is 4.54. The van der Waals surface area contributed by atoms with Crippen molar-refractivity contribution < 1.29 is 4.79 Å². The van der Waals surface area contributed by atoms with E-state index in [9.17, 15) is 4.79 Å². The fraction of sp³-hybridized carbons (Fsp3) is 0.500. The molecule has 110 valence electrons. The lowest BCUT2D eigenvalue weighted by atomic mass is 10.1. The van der Waals surface area contributed by atoms with Crippen LogP contribution in [0.15, 0.2) is 24.5 Å². The average Bonchev–Trinajstić information content (AvgIpc) is 2.93. The molecule has 4 rings (SSSR count). The van der Waals surface area contributed by atoms with Crippen LogP contribution in [0.1, 0.15) is 34.3 Å². The number of hydrogen-bond donors (Lipinski definition) is 1. The van der Waals surface area contributed by atoms with Crippen LogP contribution < -0.4 is 5.32 Å². The van der Waals surface area contributed by atoms with Gasteiger partial charge in [0.05, 0.1) is 0 Å². The largest absolute Gasteiger partial charge is 0.351 e. The molecule has 3 heterocycles. The molecule has 2 aromatic heterocycles. The van der Waals surface area contributed by atoms with Gasteiger partial charge in [-0.1, -0.05) is 0 Å². The number of imidazole rings is 1. The molecule has 1 saturated carbocycles. The van der Waals surface area contributed by atoms with Crippen molar-refractivity contribution in [2.75, 3.05) is 0 Å². The summed E-state index contributed by atoms with van der Waals surface area (Å²) < 4.78 is 2.15. The molecule has 1 amide bonds. The summed E-state index contributed by atoms with van der Waals surface area (Å²) in [4.78, 5) is 19.4. The SMILES string of the molecule is Cc1ccc([C@@H]2C[C@@H]2C(=O)N[C@@H]2CCc3nccn3C2)s1. The minimum Gasteiger partial charge on any atom is -0.351 e. The number of thiophene rings is 1. The van der Waals surface area contributed by atoms with Crippen LogP contribution in [-0.4, -0.2) is 21.5 Å².